The number of hydrogen-bond donors (Lipinski definition) is 2. The summed E-state index contributed by atoms with van der Waals surface area (Å²) in [5.74, 6) is 0.959. The average Bonchev–Trinajstić information content (AvgIpc) is 2.38. The molecule has 0 saturated heterocycles. The van der Waals surface area contributed by atoms with Crippen molar-refractivity contribution in [2.24, 2.45) is 0 Å². The number of nitrogens with one attached hydrogen (secondary N) is 1. The molecular weight excluding hydrogens is 283 g/mol. The van der Waals surface area contributed by atoms with Gasteiger partial charge in [-0.15, -0.1) is 0 Å². The van der Waals surface area contributed by atoms with Crippen molar-refractivity contribution in [3.05, 3.63) is 40.8 Å². The van der Waals surface area contributed by atoms with E-state index >= 15 is 0 Å². The zero-order chi connectivity index (χ0) is 14.1. The van der Waals surface area contributed by atoms with Crippen molar-refractivity contribution in [3.8, 4) is 5.75 Å². The Hall–Kier alpha value is -2.08. The largest absolute Gasteiger partial charge is 0.493 e. The first-order valence-corrected chi connectivity index (χ1v) is 6.48. The molecule has 1 aromatic heterocycles. The Bertz CT molecular complexity index is 632. The molecular formula is C13H12ClFN4O. The summed E-state index contributed by atoms with van der Waals surface area (Å²) in [5.41, 5.74) is 6.31. The quantitative estimate of drug-likeness (QED) is 0.833. The highest BCUT2D eigenvalue weighted by Gasteiger charge is 2.22. The monoisotopic (exact) mass is 294 g/mol. The zero-order valence-electron chi connectivity index (χ0n) is 10.4. The number of halogens is 2. The van der Waals surface area contributed by atoms with Gasteiger partial charge in [-0.1, -0.05) is 11.6 Å². The summed E-state index contributed by atoms with van der Waals surface area (Å²) in [5, 5.41) is 3.44. The Morgan fingerprint density at radius 3 is 3.00 bits per heavy atom. The molecule has 2 heterocycles. The molecule has 20 heavy (non-hydrogen) atoms. The van der Waals surface area contributed by atoms with Gasteiger partial charge in [0.2, 0.25) is 5.95 Å². The van der Waals surface area contributed by atoms with E-state index in [1.54, 1.807) is 12.1 Å². The fraction of sp³-hybridized carbons (Fsp3) is 0.231. The van der Waals surface area contributed by atoms with Crippen LogP contribution in [-0.2, 0) is 0 Å². The van der Waals surface area contributed by atoms with Crippen LogP contribution in [0.15, 0.2) is 24.3 Å². The molecule has 3 N–H and O–H groups in total. The Balaban J connectivity index is 1.91. The number of rotatable bonds is 2. The summed E-state index contributed by atoms with van der Waals surface area (Å²) in [6, 6.07) is 5.92. The summed E-state index contributed by atoms with van der Waals surface area (Å²) >= 11 is 5.84. The minimum atomic E-state index is -0.304. The minimum Gasteiger partial charge on any atom is -0.493 e. The van der Waals surface area contributed by atoms with E-state index in [2.05, 4.69) is 15.3 Å². The third-order valence-corrected chi connectivity index (χ3v) is 3.24. The highest BCUT2D eigenvalue weighted by Crippen LogP contribution is 2.34. The number of hydrogen-bond acceptors (Lipinski definition) is 5. The van der Waals surface area contributed by atoms with Crippen molar-refractivity contribution in [2.45, 2.75) is 12.5 Å². The normalized spacial score (nSPS) is 17.2. The molecule has 0 radical (unpaired) electrons. The van der Waals surface area contributed by atoms with Crippen LogP contribution in [0.25, 0.3) is 0 Å². The molecule has 5 nitrogen and oxygen atoms in total. The molecule has 0 spiro atoms. The predicted octanol–water partition coefficient (Wildman–Crippen LogP) is 2.79. The van der Waals surface area contributed by atoms with Gasteiger partial charge in [0, 0.05) is 18.1 Å². The maximum atomic E-state index is 13.4. The Morgan fingerprint density at radius 2 is 2.20 bits per heavy atom. The van der Waals surface area contributed by atoms with Gasteiger partial charge in [0.1, 0.15) is 22.5 Å². The van der Waals surface area contributed by atoms with Crippen molar-refractivity contribution in [2.75, 3.05) is 17.7 Å². The number of nitrogen functional groups attached to an aromatic ring is 1. The lowest BCUT2D eigenvalue weighted by Crippen LogP contribution is -2.21. The van der Waals surface area contributed by atoms with E-state index in [4.69, 9.17) is 22.1 Å². The Kier molecular flexibility index (Phi) is 3.31. The second-order valence-electron chi connectivity index (χ2n) is 4.45. The summed E-state index contributed by atoms with van der Waals surface area (Å²) in [7, 11) is 0. The molecule has 1 aliphatic heterocycles. The van der Waals surface area contributed by atoms with Crippen LogP contribution in [0, 0.1) is 5.82 Å². The topological polar surface area (TPSA) is 73.1 Å². The van der Waals surface area contributed by atoms with E-state index in [0.717, 1.165) is 5.56 Å². The third-order valence-electron chi connectivity index (χ3n) is 3.05. The lowest BCUT2D eigenvalue weighted by Gasteiger charge is -2.27. The van der Waals surface area contributed by atoms with E-state index in [0.29, 0.717) is 24.6 Å². The van der Waals surface area contributed by atoms with E-state index in [9.17, 15) is 4.39 Å². The van der Waals surface area contributed by atoms with Gasteiger partial charge < -0.3 is 15.8 Å². The van der Waals surface area contributed by atoms with Crippen molar-refractivity contribution in [1.29, 1.82) is 0 Å². The molecule has 0 fully saturated rings. The minimum absolute atomic E-state index is 0.0894. The smallest absolute Gasteiger partial charge is 0.223 e. The predicted molar refractivity (Wildman–Crippen MR) is 74.3 cm³/mol. The van der Waals surface area contributed by atoms with Crippen LogP contribution >= 0.6 is 11.6 Å². The van der Waals surface area contributed by atoms with Gasteiger partial charge in [-0.2, -0.15) is 4.98 Å². The molecule has 1 aromatic carbocycles. The molecule has 0 bridgehead atoms. The van der Waals surface area contributed by atoms with Gasteiger partial charge in [-0.05, 0) is 18.2 Å². The first-order valence-electron chi connectivity index (χ1n) is 6.10. The molecule has 1 aliphatic rings. The van der Waals surface area contributed by atoms with Crippen molar-refractivity contribution >= 4 is 23.4 Å². The number of nitrogens with zero attached hydrogens (tertiary/aromatic N) is 2. The lowest BCUT2D eigenvalue weighted by molar-refractivity contribution is 0.273. The number of benzene rings is 1. The fourth-order valence-electron chi connectivity index (χ4n) is 2.20. The summed E-state index contributed by atoms with van der Waals surface area (Å²) in [6.07, 6.45) is 0.692. The zero-order valence-corrected chi connectivity index (χ0v) is 11.2. The molecule has 0 amide bonds. The third kappa shape index (κ3) is 2.60. The van der Waals surface area contributed by atoms with Crippen LogP contribution < -0.4 is 15.8 Å². The van der Waals surface area contributed by atoms with Crippen LogP contribution in [0.5, 0.6) is 5.75 Å². The van der Waals surface area contributed by atoms with Crippen LogP contribution in [-0.4, -0.2) is 16.6 Å². The van der Waals surface area contributed by atoms with Gasteiger partial charge in [-0.25, -0.2) is 9.37 Å². The van der Waals surface area contributed by atoms with E-state index < -0.39 is 0 Å². The van der Waals surface area contributed by atoms with Gasteiger partial charge in [0.15, 0.2) is 0 Å². The van der Waals surface area contributed by atoms with E-state index in [1.807, 2.05) is 0 Å². The van der Waals surface area contributed by atoms with E-state index in [1.165, 1.54) is 12.1 Å². The molecule has 7 heteroatoms. The first-order chi connectivity index (χ1) is 9.61. The summed E-state index contributed by atoms with van der Waals surface area (Å²) < 4.78 is 18.9. The average molecular weight is 295 g/mol. The number of fused-ring (bicyclic) bond motifs is 1. The van der Waals surface area contributed by atoms with Gasteiger partial charge in [0.05, 0.1) is 12.6 Å². The van der Waals surface area contributed by atoms with Crippen LogP contribution in [0.1, 0.15) is 18.0 Å². The maximum Gasteiger partial charge on any atom is 0.223 e. The number of anilines is 2. The standard InChI is InChI=1S/C13H12ClFN4O/c14-11-6-12(19-13(16)18-11)17-9-3-4-20-10-2-1-7(15)5-8(9)10/h1-2,5-6,9H,3-4H2,(H3,16,17,18,19). The van der Waals surface area contributed by atoms with Crippen LogP contribution in [0.2, 0.25) is 5.15 Å². The molecule has 1 atom stereocenters. The molecule has 2 aromatic rings. The Morgan fingerprint density at radius 1 is 1.35 bits per heavy atom. The van der Waals surface area contributed by atoms with Gasteiger partial charge >= 0.3 is 0 Å². The van der Waals surface area contributed by atoms with Crippen molar-refractivity contribution in [3.63, 3.8) is 0 Å². The van der Waals surface area contributed by atoms with Gasteiger partial charge in [0.25, 0.3) is 0 Å². The van der Waals surface area contributed by atoms with Crippen molar-refractivity contribution in [1.82, 2.24) is 9.97 Å². The molecule has 104 valence electrons. The number of aromatic nitrogens is 2. The number of ether oxygens (including phenoxy) is 1. The second-order valence-corrected chi connectivity index (χ2v) is 4.84. The molecule has 3 rings (SSSR count). The molecule has 0 saturated carbocycles. The second kappa shape index (κ2) is 5.13. The van der Waals surface area contributed by atoms with Crippen LogP contribution in [0.4, 0.5) is 16.2 Å². The fourth-order valence-corrected chi connectivity index (χ4v) is 2.39. The first kappa shape index (κ1) is 12.9. The molecule has 0 aliphatic carbocycles. The SMILES string of the molecule is Nc1nc(Cl)cc(NC2CCOc3ccc(F)cc32)n1. The lowest BCUT2D eigenvalue weighted by atomic mass is 10.0. The number of nitrogens with two attached hydrogens (primary N) is 1. The van der Waals surface area contributed by atoms with Gasteiger partial charge in [-0.3, -0.25) is 0 Å². The maximum absolute atomic E-state index is 13.4. The highest BCUT2D eigenvalue weighted by molar-refractivity contribution is 6.29. The summed E-state index contributed by atoms with van der Waals surface area (Å²) in [4.78, 5) is 7.85. The summed E-state index contributed by atoms with van der Waals surface area (Å²) in [6.45, 7) is 0.546. The van der Waals surface area contributed by atoms with E-state index in [-0.39, 0.29) is 23.0 Å². The van der Waals surface area contributed by atoms with Crippen LogP contribution in [0.3, 0.4) is 0 Å². The van der Waals surface area contributed by atoms with Crippen molar-refractivity contribution < 1.29 is 9.13 Å². The molecule has 1 unspecified atom stereocenters. The Labute approximate surface area is 119 Å². The highest BCUT2D eigenvalue weighted by atomic mass is 35.5.